The van der Waals surface area contributed by atoms with Gasteiger partial charge in [-0.05, 0) is 54.2 Å². The van der Waals surface area contributed by atoms with Crippen LogP contribution in [-0.4, -0.2) is 45.3 Å². The molecule has 194 valence electrons. The van der Waals surface area contributed by atoms with E-state index in [0.717, 1.165) is 30.1 Å². The molecule has 0 spiro atoms. The molecule has 1 aliphatic heterocycles. The predicted molar refractivity (Wildman–Crippen MR) is 143 cm³/mol. The molecule has 0 saturated carbocycles. The van der Waals surface area contributed by atoms with Crippen LogP contribution < -0.4 is 9.47 Å². The minimum Gasteiger partial charge on any atom is -0.468 e. The molecule has 1 heterocycles. The van der Waals surface area contributed by atoms with E-state index in [1.54, 1.807) is 14.2 Å². The highest BCUT2D eigenvalue weighted by Crippen LogP contribution is 2.52. The van der Waals surface area contributed by atoms with E-state index >= 15 is 0 Å². The van der Waals surface area contributed by atoms with Crippen LogP contribution in [0.2, 0.25) is 0 Å². The number of benzene rings is 2. The largest absolute Gasteiger partial charge is 0.468 e. The van der Waals surface area contributed by atoms with Crippen LogP contribution in [0.15, 0.2) is 47.4 Å². The molecule has 1 N–H and O–H groups in total. The van der Waals surface area contributed by atoms with Crippen molar-refractivity contribution in [2.75, 3.05) is 40.2 Å². The fourth-order valence-electron chi connectivity index (χ4n) is 4.98. The Bertz CT molecular complexity index is 872. The summed E-state index contributed by atoms with van der Waals surface area (Å²) in [6.07, 6.45) is 9.47. The van der Waals surface area contributed by atoms with Crippen LogP contribution >= 0.6 is 11.8 Å². The summed E-state index contributed by atoms with van der Waals surface area (Å²) in [7, 11) is 3.28. The zero-order valence-corrected chi connectivity index (χ0v) is 22.4. The van der Waals surface area contributed by atoms with Crippen molar-refractivity contribution in [3.63, 3.8) is 0 Å². The lowest BCUT2D eigenvalue weighted by Crippen LogP contribution is -2.36. The number of hydrogen-bond acceptors (Lipinski definition) is 6. The fourth-order valence-corrected chi connectivity index (χ4v) is 6.38. The molecule has 2 atom stereocenters. The molecule has 6 heteroatoms. The Kier molecular flexibility index (Phi) is 11.7. The molecule has 35 heavy (non-hydrogen) atoms. The van der Waals surface area contributed by atoms with E-state index in [9.17, 15) is 0 Å². The van der Waals surface area contributed by atoms with E-state index in [1.807, 2.05) is 11.8 Å². The molecule has 0 aromatic heterocycles. The summed E-state index contributed by atoms with van der Waals surface area (Å²) in [5.41, 5.74) is 2.82. The lowest BCUT2D eigenvalue weighted by molar-refractivity contribution is 0.0508. The minimum atomic E-state index is 0.0352. The quantitative estimate of drug-likeness (QED) is 0.199. The third-order valence-corrected chi connectivity index (χ3v) is 8.42. The Hall–Kier alpha value is -1.73. The second-order valence-corrected chi connectivity index (χ2v) is 10.6. The molecule has 1 aliphatic rings. The number of unbranched alkanes of at least 4 members (excludes halogenated alkanes) is 6. The molecular weight excluding hydrogens is 460 g/mol. The van der Waals surface area contributed by atoms with E-state index in [2.05, 4.69) is 49.4 Å². The van der Waals surface area contributed by atoms with Crippen molar-refractivity contribution >= 4 is 11.8 Å². The van der Waals surface area contributed by atoms with Gasteiger partial charge in [-0.3, -0.25) is 0 Å². The SMILES string of the molecule is COCOc1ccc(C2(C)CSc3cc(OCOC)ccc3C2CCCCCCCCCO)cc1. The van der Waals surface area contributed by atoms with Gasteiger partial charge in [-0.1, -0.05) is 63.6 Å². The second-order valence-electron chi connectivity index (χ2n) is 9.57. The Morgan fingerprint density at radius 1 is 0.829 bits per heavy atom. The Labute approximate surface area is 215 Å². The molecule has 3 rings (SSSR count). The molecular formula is C29H42O5S. The lowest BCUT2D eigenvalue weighted by atomic mass is 9.68. The molecule has 2 aromatic rings. The topological polar surface area (TPSA) is 57.2 Å². The van der Waals surface area contributed by atoms with Gasteiger partial charge in [0.1, 0.15) is 11.5 Å². The maximum atomic E-state index is 8.96. The molecule has 0 aliphatic carbocycles. The van der Waals surface area contributed by atoms with E-state index < -0.39 is 0 Å². The van der Waals surface area contributed by atoms with Gasteiger partial charge >= 0.3 is 0 Å². The number of methoxy groups -OCH3 is 2. The van der Waals surface area contributed by atoms with Gasteiger partial charge in [-0.25, -0.2) is 0 Å². The average molecular weight is 503 g/mol. The van der Waals surface area contributed by atoms with Crippen LogP contribution in [0, 0.1) is 0 Å². The van der Waals surface area contributed by atoms with Gasteiger partial charge in [0.15, 0.2) is 13.6 Å². The van der Waals surface area contributed by atoms with Gasteiger partial charge in [0.25, 0.3) is 0 Å². The van der Waals surface area contributed by atoms with Crippen LogP contribution in [0.25, 0.3) is 0 Å². The summed E-state index contributed by atoms with van der Waals surface area (Å²) < 4.78 is 21.5. The van der Waals surface area contributed by atoms with Gasteiger partial charge in [0.05, 0.1) is 0 Å². The highest BCUT2D eigenvalue weighted by Gasteiger charge is 2.41. The van der Waals surface area contributed by atoms with Crippen LogP contribution in [0.3, 0.4) is 0 Å². The summed E-state index contributed by atoms with van der Waals surface area (Å²) in [5, 5.41) is 8.96. The third-order valence-electron chi connectivity index (χ3n) is 7.01. The van der Waals surface area contributed by atoms with Gasteiger partial charge in [-0.15, -0.1) is 11.8 Å². The summed E-state index contributed by atoms with van der Waals surface area (Å²) >= 11 is 1.92. The zero-order valence-electron chi connectivity index (χ0n) is 21.6. The zero-order chi connectivity index (χ0) is 24.9. The van der Waals surface area contributed by atoms with Gasteiger partial charge < -0.3 is 24.1 Å². The number of hydrogen-bond donors (Lipinski definition) is 1. The Morgan fingerprint density at radius 2 is 1.43 bits per heavy atom. The Balaban J connectivity index is 1.74. The average Bonchev–Trinajstić information content (AvgIpc) is 2.89. The first-order chi connectivity index (χ1) is 17.1. The number of fused-ring (bicyclic) bond motifs is 1. The van der Waals surface area contributed by atoms with Crippen LogP contribution in [0.1, 0.15) is 75.3 Å². The first-order valence-corrected chi connectivity index (χ1v) is 13.8. The third kappa shape index (κ3) is 7.88. The molecule has 5 nitrogen and oxygen atoms in total. The summed E-state index contributed by atoms with van der Waals surface area (Å²) in [6.45, 7) is 3.26. The van der Waals surface area contributed by atoms with E-state index in [-0.39, 0.29) is 19.0 Å². The van der Waals surface area contributed by atoms with Gasteiger partial charge in [-0.2, -0.15) is 0 Å². The van der Waals surface area contributed by atoms with Crippen molar-refractivity contribution in [3.05, 3.63) is 53.6 Å². The summed E-state index contributed by atoms with van der Waals surface area (Å²) in [4.78, 5) is 1.32. The van der Waals surface area contributed by atoms with E-state index in [0.29, 0.717) is 12.5 Å². The number of aliphatic hydroxyl groups excluding tert-OH is 1. The number of thioether (sulfide) groups is 1. The van der Waals surface area contributed by atoms with Gasteiger partial charge in [0.2, 0.25) is 0 Å². The van der Waals surface area contributed by atoms with Crippen molar-refractivity contribution in [2.45, 2.75) is 74.5 Å². The van der Waals surface area contributed by atoms with E-state index in [4.69, 9.17) is 24.1 Å². The van der Waals surface area contributed by atoms with Crippen LogP contribution in [0.5, 0.6) is 11.5 Å². The first-order valence-electron chi connectivity index (χ1n) is 12.8. The summed E-state index contributed by atoms with van der Waals surface area (Å²) in [6, 6.07) is 15.1. The van der Waals surface area contributed by atoms with Crippen molar-refractivity contribution in [1.29, 1.82) is 0 Å². The van der Waals surface area contributed by atoms with E-state index in [1.165, 1.54) is 54.5 Å². The van der Waals surface area contributed by atoms with Crippen molar-refractivity contribution in [1.82, 2.24) is 0 Å². The normalized spacial score (nSPS) is 19.4. The fraction of sp³-hybridized carbons (Fsp3) is 0.586. The van der Waals surface area contributed by atoms with Gasteiger partial charge in [0, 0.05) is 36.9 Å². The second kappa shape index (κ2) is 14.7. The smallest absolute Gasteiger partial charge is 0.188 e. The lowest BCUT2D eigenvalue weighted by Gasteiger charge is -2.43. The highest BCUT2D eigenvalue weighted by molar-refractivity contribution is 7.99. The molecule has 0 amide bonds. The molecule has 0 saturated heterocycles. The van der Waals surface area contributed by atoms with Crippen LogP contribution in [-0.2, 0) is 14.9 Å². The summed E-state index contributed by atoms with van der Waals surface area (Å²) in [5.74, 6) is 3.16. The number of aliphatic hydroxyl groups is 1. The number of ether oxygens (including phenoxy) is 4. The van der Waals surface area contributed by atoms with Crippen molar-refractivity contribution in [2.24, 2.45) is 0 Å². The maximum Gasteiger partial charge on any atom is 0.188 e. The molecule has 2 aromatic carbocycles. The molecule has 0 fully saturated rings. The molecule has 0 bridgehead atoms. The minimum absolute atomic E-state index is 0.0352. The molecule has 2 unspecified atom stereocenters. The first kappa shape index (κ1) is 27.9. The maximum absolute atomic E-state index is 8.96. The van der Waals surface area contributed by atoms with Crippen molar-refractivity contribution < 1.29 is 24.1 Å². The highest BCUT2D eigenvalue weighted by atomic mass is 32.2. The molecule has 0 radical (unpaired) electrons. The Morgan fingerprint density at radius 3 is 2.09 bits per heavy atom. The predicted octanol–water partition coefficient (Wildman–Crippen LogP) is 6.91. The monoisotopic (exact) mass is 502 g/mol. The van der Waals surface area contributed by atoms with Crippen LogP contribution in [0.4, 0.5) is 0 Å². The van der Waals surface area contributed by atoms with Crippen molar-refractivity contribution in [3.8, 4) is 11.5 Å². The number of rotatable bonds is 16. The standard InChI is InChI=1S/C29H42O5S/c1-29(23-12-14-24(15-13-23)33-21-31-2)20-35-28-19-25(34-22-32-3)16-17-26(28)27(29)11-9-7-5-4-6-8-10-18-30/h12-17,19,27,30H,4-11,18,20-22H2,1-3H3.